The lowest BCUT2D eigenvalue weighted by atomic mass is 9.78. The molecule has 0 aromatic carbocycles. The second-order valence-electron chi connectivity index (χ2n) is 9.52. The number of carbonyl (C=O) groups excluding carboxylic acids is 1. The van der Waals surface area contributed by atoms with Crippen LogP contribution in [-0.4, -0.2) is 59.8 Å². The number of pyridine rings is 2. The molecule has 8 nitrogen and oxygen atoms in total. The van der Waals surface area contributed by atoms with Crippen LogP contribution < -0.4 is 10.5 Å². The van der Waals surface area contributed by atoms with E-state index in [4.69, 9.17) is 4.74 Å². The molecule has 2 bridgehead atoms. The van der Waals surface area contributed by atoms with Gasteiger partial charge in [-0.25, -0.2) is 4.98 Å². The Morgan fingerprint density at radius 3 is 2.69 bits per heavy atom. The van der Waals surface area contributed by atoms with Crippen LogP contribution in [-0.2, 0) is 9.53 Å². The predicted octanol–water partition coefficient (Wildman–Crippen LogP) is 1.38. The number of fused-ring (bicyclic) bond motifs is 5. The predicted molar refractivity (Wildman–Crippen MR) is 116 cm³/mol. The zero-order valence-corrected chi connectivity index (χ0v) is 17.8. The van der Waals surface area contributed by atoms with Gasteiger partial charge in [0.25, 0.3) is 5.56 Å². The highest BCUT2D eigenvalue weighted by Crippen LogP contribution is 2.43. The number of piperidine rings is 1. The smallest absolute Gasteiger partial charge is 0.251 e. The van der Waals surface area contributed by atoms with Crippen molar-refractivity contribution in [2.24, 2.45) is 17.8 Å². The fourth-order valence-electron chi connectivity index (χ4n) is 6.15. The number of nitrogens with zero attached hydrogens (tertiary/aromatic N) is 5. The second kappa shape index (κ2) is 7.45. The highest BCUT2D eigenvalue weighted by molar-refractivity contribution is 5.82. The Bertz CT molecular complexity index is 1160. The van der Waals surface area contributed by atoms with Gasteiger partial charge in [-0.2, -0.15) is 5.26 Å². The lowest BCUT2D eigenvalue weighted by molar-refractivity contribution is -0.137. The third kappa shape index (κ3) is 3.03. The van der Waals surface area contributed by atoms with Gasteiger partial charge in [-0.3, -0.25) is 14.2 Å². The van der Waals surface area contributed by atoms with E-state index in [0.717, 1.165) is 31.1 Å². The highest BCUT2D eigenvalue weighted by Gasteiger charge is 2.48. The number of anilines is 1. The van der Waals surface area contributed by atoms with Crippen LogP contribution in [0, 0.1) is 29.1 Å². The van der Waals surface area contributed by atoms with E-state index in [2.05, 4.69) is 16.0 Å². The Hall–Kier alpha value is -3.18. The Morgan fingerprint density at radius 1 is 1.09 bits per heavy atom. The maximum atomic E-state index is 13.8. The van der Waals surface area contributed by atoms with Crippen LogP contribution in [0.1, 0.15) is 29.6 Å². The van der Waals surface area contributed by atoms with Crippen molar-refractivity contribution in [2.45, 2.75) is 18.4 Å². The first-order valence-electron chi connectivity index (χ1n) is 11.3. The van der Waals surface area contributed by atoms with Crippen molar-refractivity contribution >= 4 is 11.7 Å². The van der Waals surface area contributed by atoms with Crippen LogP contribution in [0.2, 0.25) is 0 Å². The molecule has 3 saturated heterocycles. The first kappa shape index (κ1) is 19.5. The molecule has 2 aromatic heterocycles. The van der Waals surface area contributed by atoms with Gasteiger partial charge in [-0.15, -0.1) is 0 Å². The molecule has 8 heteroatoms. The van der Waals surface area contributed by atoms with Gasteiger partial charge in [0, 0.05) is 67.8 Å². The first-order chi connectivity index (χ1) is 15.6. The number of ether oxygens (including phenoxy) is 1. The third-order valence-corrected chi connectivity index (χ3v) is 7.65. The Balaban J connectivity index is 1.37. The number of aromatic nitrogens is 2. The van der Waals surface area contributed by atoms with Crippen molar-refractivity contribution in [3.63, 3.8) is 0 Å². The summed E-state index contributed by atoms with van der Waals surface area (Å²) in [7, 11) is 0. The summed E-state index contributed by atoms with van der Waals surface area (Å²) in [5, 5.41) is 9.29. The molecule has 0 N–H and O–H groups in total. The van der Waals surface area contributed by atoms with Crippen molar-refractivity contribution in [1.82, 2.24) is 14.5 Å². The van der Waals surface area contributed by atoms with Gasteiger partial charge in [-0.05, 0) is 24.6 Å². The number of hydrogen-bond acceptors (Lipinski definition) is 6. The lowest BCUT2D eigenvalue weighted by Crippen LogP contribution is -2.54. The van der Waals surface area contributed by atoms with Gasteiger partial charge in [0.2, 0.25) is 5.91 Å². The summed E-state index contributed by atoms with van der Waals surface area (Å²) in [5.74, 6) is 1.78. The Kier molecular flexibility index (Phi) is 4.54. The minimum atomic E-state index is -0.503. The molecule has 4 aliphatic heterocycles. The molecular formula is C24H25N5O3. The van der Waals surface area contributed by atoms with Crippen LogP contribution in [0.3, 0.4) is 0 Å². The summed E-state index contributed by atoms with van der Waals surface area (Å²) in [6.45, 7) is 4.21. The van der Waals surface area contributed by atoms with Gasteiger partial charge in [0.15, 0.2) is 0 Å². The second-order valence-corrected chi connectivity index (χ2v) is 9.52. The van der Waals surface area contributed by atoms with Crippen molar-refractivity contribution in [1.29, 1.82) is 5.26 Å². The number of amides is 1. The molecule has 32 heavy (non-hydrogen) atoms. The van der Waals surface area contributed by atoms with E-state index in [0.29, 0.717) is 43.6 Å². The van der Waals surface area contributed by atoms with Crippen LogP contribution in [0.25, 0.3) is 0 Å². The number of carbonyl (C=O) groups is 1. The largest absolute Gasteiger partial charge is 0.381 e. The van der Waals surface area contributed by atoms with Crippen LogP contribution in [0.5, 0.6) is 0 Å². The zero-order valence-electron chi connectivity index (χ0n) is 17.8. The fraction of sp³-hybridized carbons (Fsp3) is 0.500. The Morgan fingerprint density at radius 2 is 1.91 bits per heavy atom. The van der Waals surface area contributed by atoms with Gasteiger partial charge in [-0.1, -0.05) is 6.07 Å². The first-order valence-corrected chi connectivity index (χ1v) is 11.3. The summed E-state index contributed by atoms with van der Waals surface area (Å²) >= 11 is 0. The number of rotatable bonds is 2. The molecule has 1 amide bonds. The van der Waals surface area contributed by atoms with Gasteiger partial charge >= 0.3 is 0 Å². The van der Waals surface area contributed by atoms with E-state index in [1.165, 1.54) is 0 Å². The fourth-order valence-corrected chi connectivity index (χ4v) is 6.15. The molecule has 3 fully saturated rings. The summed E-state index contributed by atoms with van der Waals surface area (Å²) in [6.07, 6.45) is 2.53. The van der Waals surface area contributed by atoms with Crippen molar-refractivity contribution in [2.75, 3.05) is 44.3 Å². The monoisotopic (exact) mass is 431 g/mol. The lowest BCUT2D eigenvalue weighted by Gasteiger charge is -2.47. The maximum Gasteiger partial charge on any atom is 0.251 e. The summed E-state index contributed by atoms with van der Waals surface area (Å²) in [6, 6.07) is 10.5. The van der Waals surface area contributed by atoms with E-state index < -0.39 is 6.04 Å². The zero-order chi connectivity index (χ0) is 21.8. The van der Waals surface area contributed by atoms with E-state index in [9.17, 15) is 14.9 Å². The molecule has 0 spiro atoms. The van der Waals surface area contributed by atoms with Crippen molar-refractivity contribution in [3.05, 3.63) is 58.1 Å². The molecule has 5 atom stereocenters. The molecule has 0 saturated carbocycles. The number of likely N-dealkylation sites (tertiary alicyclic amines) is 1. The standard InChI is InChI=1S/C24H25N5O3/c25-8-15-4-5-26-21(6-15)27-9-16-7-17(10-27)23(29-20(16)2-1-3-22(29)30)24(31)28-11-18-13-32-14-19(18)12-28/h1-6,16-19,23H,7,9-14H2/t16-,17+,18-,19+,23-/m1/s1. The van der Waals surface area contributed by atoms with E-state index in [-0.39, 0.29) is 23.3 Å². The number of nitriles is 1. The normalized spacial score (nSPS) is 30.5. The highest BCUT2D eigenvalue weighted by atomic mass is 16.5. The molecule has 2 aromatic rings. The molecule has 0 aliphatic carbocycles. The quantitative estimate of drug-likeness (QED) is 0.714. The summed E-state index contributed by atoms with van der Waals surface area (Å²) < 4.78 is 7.34. The number of hydrogen-bond donors (Lipinski definition) is 0. The minimum Gasteiger partial charge on any atom is -0.381 e. The summed E-state index contributed by atoms with van der Waals surface area (Å²) in [5.41, 5.74) is 1.40. The average molecular weight is 431 g/mol. The maximum absolute atomic E-state index is 13.8. The molecule has 6 heterocycles. The van der Waals surface area contributed by atoms with Crippen LogP contribution >= 0.6 is 0 Å². The third-order valence-electron chi connectivity index (χ3n) is 7.65. The topological polar surface area (TPSA) is 91.5 Å². The summed E-state index contributed by atoms with van der Waals surface area (Å²) in [4.78, 5) is 35.4. The van der Waals surface area contributed by atoms with Gasteiger partial charge in [0.05, 0.1) is 24.8 Å². The molecular weight excluding hydrogens is 406 g/mol. The molecule has 6 rings (SSSR count). The van der Waals surface area contributed by atoms with Gasteiger partial charge < -0.3 is 14.5 Å². The SMILES string of the molecule is N#Cc1ccnc(N2C[C@H]3C[C@@H](C2)[C@H](C(=O)N2C[C@H]4COC[C@H]4C2)n2c3cccc2=O)c1. The molecule has 0 radical (unpaired) electrons. The molecule has 164 valence electrons. The molecule has 4 aliphatic rings. The van der Waals surface area contributed by atoms with Crippen LogP contribution in [0.15, 0.2) is 41.3 Å². The van der Waals surface area contributed by atoms with Crippen molar-refractivity contribution < 1.29 is 9.53 Å². The Labute approximate surface area is 186 Å². The molecule has 0 unspecified atom stereocenters. The van der Waals surface area contributed by atoms with E-state index in [1.54, 1.807) is 35.0 Å². The average Bonchev–Trinajstić information content (AvgIpc) is 3.42. The van der Waals surface area contributed by atoms with E-state index in [1.807, 2.05) is 11.0 Å². The van der Waals surface area contributed by atoms with Gasteiger partial charge in [0.1, 0.15) is 11.9 Å². The van der Waals surface area contributed by atoms with Crippen LogP contribution in [0.4, 0.5) is 5.82 Å². The van der Waals surface area contributed by atoms with E-state index >= 15 is 0 Å². The van der Waals surface area contributed by atoms with Crippen molar-refractivity contribution in [3.8, 4) is 6.07 Å². The minimum absolute atomic E-state index is 0.0121.